The van der Waals surface area contributed by atoms with Crippen LogP contribution in [0.2, 0.25) is 0 Å². The first-order chi connectivity index (χ1) is 24.6. The summed E-state index contributed by atoms with van der Waals surface area (Å²) in [6.45, 7) is 4.64. The molecule has 9 aromatic rings. The molecule has 7 aromatic carbocycles. The molecule has 4 heterocycles. The standard InChI is InChI=1S/C45H31BN2O2/c1-27(2)28-24-39-44-40(25-28)48(38-19-11-14-32-30-12-3-10-21-42(30)50-45(32)38)37-18-8-6-16-35(37)46(44)34-15-5-7-17-36(34)47(39)29-22-23-43-33(26-29)31-13-4-9-20-41(31)49-43/h3-27H,1-2H3. The largest absolute Gasteiger partial charge is 0.456 e. The Bertz CT molecular complexity index is 2850. The van der Waals surface area contributed by atoms with Crippen molar-refractivity contribution in [2.45, 2.75) is 19.8 Å². The van der Waals surface area contributed by atoms with Crippen LogP contribution in [-0.2, 0) is 0 Å². The summed E-state index contributed by atoms with van der Waals surface area (Å²) in [5.74, 6) is 0.315. The minimum Gasteiger partial charge on any atom is -0.456 e. The molecule has 0 bridgehead atoms. The van der Waals surface area contributed by atoms with Crippen LogP contribution in [0.25, 0.3) is 43.9 Å². The van der Waals surface area contributed by atoms with Crippen molar-refractivity contribution < 1.29 is 8.83 Å². The number of para-hydroxylation sites is 5. The Hall–Kier alpha value is -6.20. The predicted octanol–water partition coefficient (Wildman–Crippen LogP) is 10.7. The molecule has 0 saturated carbocycles. The van der Waals surface area contributed by atoms with E-state index in [2.05, 4.69) is 151 Å². The van der Waals surface area contributed by atoms with E-state index in [0.29, 0.717) is 5.92 Å². The van der Waals surface area contributed by atoms with Gasteiger partial charge in [0.15, 0.2) is 5.58 Å². The van der Waals surface area contributed by atoms with E-state index in [1.807, 2.05) is 18.2 Å². The molecule has 0 fully saturated rings. The first-order valence-corrected chi connectivity index (χ1v) is 17.4. The van der Waals surface area contributed by atoms with E-state index in [9.17, 15) is 0 Å². The van der Waals surface area contributed by atoms with Crippen molar-refractivity contribution in [3.63, 3.8) is 0 Å². The third-order valence-corrected chi connectivity index (χ3v) is 10.8. The van der Waals surface area contributed by atoms with E-state index in [0.717, 1.165) is 55.3 Å². The van der Waals surface area contributed by atoms with Gasteiger partial charge in [0.2, 0.25) is 0 Å². The van der Waals surface area contributed by atoms with Gasteiger partial charge in [-0.2, -0.15) is 0 Å². The number of hydrogen-bond acceptors (Lipinski definition) is 4. The van der Waals surface area contributed by atoms with Gasteiger partial charge in [0.1, 0.15) is 16.7 Å². The van der Waals surface area contributed by atoms with E-state index in [-0.39, 0.29) is 6.71 Å². The van der Waals surface area contributed by atoms with Gasteiger partial charge in [-0.1, -0.05) is 98.8 Å². The number of fused-ring (bicyclic) bond motifs is 10. The lowest BCUT2D eigenvalue weighted by Crippen LogP contribution is -2.61. The number of rotatable bonds is 3. The Kier molecular flexibility index (Phi) is 5.63. The highest BCUT2D eigenvalue weighted by Gasteiger charge is 2.43. The summed E-state index contributed by atoms with van der Waals surface area (Å²) in [7, 11) is 0. The Morgan fingerprint density at radius 3 is 1.76 bits per heavy atom. The van der Waals surface area contributed by atoms with Crippen molar-refractivity contribution in [1.29, 1.82) is 0 Å². The summed E-state index contributed by atoms with van der Waals surface area (Å²) in [6, 6.07) is 52.6. The van der Waals surface area contributed by atoms with E-state index in [1.165, 1.54) is 44.7 Å². The molecule has 4 nitrogen and oxygen atoms in total. The first kappa shape index (κ1) is 27.7. The van der Waals surface area contributed by atoms with Crippen LogP contribution in [0, 0.1) is 0 Å². The van der Waals surface area contributed by atoms with E-state index in [1.54, 1.807) is 0 Å². The molecule has 2 aliphatic rings. The third kappa shape index (κ3) is 3.72. The summed E-state index contributed by atoms with van der Waals surface area (Å²) in [5, 5.41) is 4.51. The van der Waals surface area contributed by atoms with Gasteiger partial charge in [0.25, 0.3) is 6.71 Å². The molecule has 0 radical (unpaired) electrons. The topological polar surface area (TPSA) is 32.8 Å². The fraction of sp³-hybridized carbons (Fsp3) is 0.0667. The molecule has 2 aromatic heterocycles. The molecule has 5 heteroatoms. The quantitative estimate of drug-likeness (QED) is 0.180. The predicted molar refractivity (Wildman–Crippen MR) is 209 cm³/mol. The summed E-state index contributed by atoms with van der Waals surface area (Å²) >= 11 is 0. The average Bonchev–Trinajstić information content (AvgIpc) is 3.73. The zero-order chi connectivity index (χ0) is 33.1. The average molecular weight is 643 g/mol. The van der Waals surface area contributed by atoms with Crippen LogP contribution in [0.4, 0.5) is 34.1 Å². The first-order valence-electron chi connectivity index (χ1n) is 17.4. The molecule has 0 aliphatic carbocycles. The van der Waals surface area contributed by atoms with Gasteiger partial charge >= 0.3 is 0 Å². The number of hydrogen-bond donors (Lipinski definition) is 0. The fourth-order valence-electron chi connectivity index (χ4n) is 8.55. The van der Waals surface area contributed by atoms with Crippen molar-refractivity contribution in [3.8, 4) is 0 Å². The van der Waals surface area contributed by atoms with Gasteiger partial charge in [0.05, 0.1) is 5.69 Å². The maximum atomic E-state index is 6.70. The molecule has 11 rings (SSSR count). The molecular weight excluding hydrogens is 611 g/mol. The molecule has 0 unspecified atom stereocenters. The number of furan rings is 2. The van der Waals surface area contributed by atoms with Crippen LogP contribution in [0.15, 0.2) is 154 Å². The fourth-order valence-corrected chi connectivity index (χ4v) is 8.55. The van der Waals surface area contributed by atoms with Crippen molar-refractivity contribution in [1.82, 2.24) is 0 Å². The Morgan fingerprint density at radius 2 is 1.02 bits per heavy atom. The van der Waals surface area contributed by atoms with Crippen LogP contribution < -0.4 is 26.2 Å². The highest BCUT2D eigenvalue weighted by Crippen LogP contribution is 2.48. The lowest BCUT2D eigenvalue weighted by Gasteiger charge is -2.44. The molecule has 50 heavy (non-hydrogen) atoms. The number of nitrogens with zero attached hydrogens (tertiary/aromatic N) is 2. The minimum absolute atomic E-state index is 0.0643. The number of anilines is 6. The highest BCUT2D eigenvalue weighted by molar-refractivity contribution is 7.00. The maximum absolute atomic E-state index is 6.70. The zero-order valence-electron chi connectivity index (χ0n) is 27.7. The summed E-state index contributed by atoms with van der Waals surface area (Å²) < 4.78 is 13.0. The van der Waals surface area contributed by atoms with Crippen molar-refractivity contribution in [2.24, 2.45) is 0 Å². The Morgan fingerprint density at radius 1 is 0.460 bits per heavy atom. The number of benzene rings is 7. The highest BCUT2D eigenvalue weighted by atomic mass is 16.3. The van der Waals surface area contributed by atoms with Gasteiger partial charge in [-0.25, -0.2) is 0 Å². The molecule has 0 amide bonds. The second kappa shape index (κ2) is 10.2. The second-order valence-corrected chi connectivity index (χ2v) is 13.9. The normalized spacial score (nSPS) is 13.5. The molecule has 0 saturated heterocycles. The Labute approximate surface area is 289 Å². The molecule has 0 spiro atoms. The molecule has 236 valence electrons. The summed E-state index contributed by atoms with van der Waals surface area (Å²) in [5.41, 5.74) is 15.7. The lowest BCUT2D eigenvalue weighted by molar-refractivity contribution is 0.668. The van der Waals surface area contributed by atoms with E-state index >= 15 is 0 Å². The minimum atomic E-state index is 0.0643. The monoisotopic (exact) mass is 642 g/mol. The molecular formula is C45H31BN2O2. The smallest absolute Gasteiger partial charge is 0.252 e. The SMILES string of the molecule is CC(C)c1cc2c3c(c1)N(c1cccc4c1oc1ccccc14)c1ccccc1B3c1ccccc1N2c1ccc2oc3ccccc3c2c1. The van der Waals surface area contributed by atoms with Crippen LogP contribution in [-0.4, -0.2) is 6.71 Å². The summed E-state index contributed by atoms with van der Waals surface area (Å²) in [6.07, 6.45) is 0. The lowest BCUT2D eigenvalue weighted by atomic mass is 9.33. The molecule has 2 aliphatic heterocycles. The molecule has 0 atom stereocenters. The van der Waals surface area contributed by atoms with Gasteiger partial charge in [-0.15, -0.1) is 0 Å². The van der Waals surface area contributed by atoms with Gasteiger partial charge in [0, 0.05) is 50.0 Å². The van der Waals surface area contributed by atoms with Gasteiger partial charge < -0.3 is 18.6 Å². The van der Waals surface area contributed by atoms with Crippen molar-refractivity contribution >= 4 is 101 Å². The van der Waals surface area contributed by atoms with E-state index < -0.39 is 0 Å². The van der Waals surface area contributed by atoms with Crippen molar-refractivity contribution in [2.75, 3.05) is 9.80 Å². The van der Waals surface area contributed by atoms with Crippen molar-refractivity contribution in [3.05, 3.63) is 151 Å². The van der Waals surface area contributed by atoms with Gasteiger partial charge in [-0.3, -0.25) is 0 Å². The second-order valence-electron chi connectivity index (χ2n) is 13.9. The third-order valence-electron chi connectivity index (χ3n) is 10.8. The zero-order valence-corrected chi connectivity index (χ0v) is 27.7. The van der Waals surface area contributed by atoms with Crippen LogP contribution >= 0.6 is 0 Å². The van der Waals surface area contributed by atoms with E-state index in [4.69, 9.17) is 8.83 Å². The summed E-state index contributed by atoms with van der Waals surface area (Å²) in [4.78, 5) is 4.94. The Balaban J connectivity index is 1.24. The van der Waals surface area contributed by atoms with Crippen LogP contribution in [0.5, 0.6) is 0 Å². The van der Waals surface area contributed by atoms with Crippen LogP contribution in [0.1, 0.15) is 25.3 Å². The van der Waals surface area contributed by atoms with Crippen LogP contribution in [0.3, 0.4) is 0 Å². The van der Waals surface area contributed by atoms with Gasteiger partial charge in [-0.05, 0) is 88.5 Å². The molecule has 0 N–H and O–H groups in total. The maximum Gasteiger partial charge on any atom is 0.252 e.